The van der Waals surface area contributed by atoms with Crippen molar-refractivity contribution in [1.82, 2.24) is 0 Å². The molecule has 3 rings (SSSR count). The third-order valence-corrected chi connectivity index (χ3v) is 5.57. The van der Waals surface area contributed by atoms with Gasteiger partial charge in [0.2, 0.25) is 0 Å². The Morgan fingerprint density at radius 1 is 1.00 bits per heavy atom. The summed E-state index contributed by atoms with van der Waals surface area (Å²) in [5, 5.41) is 13.1. The summed E-state index contributed by atoms with van der Waals surface area (Å²) in [7, 11) is 2.80. The molecule has 0 saturated carbocycles. The predicted molar refractivity (Wildman–Crippen MR) is 134 cm³/mol. The molecule has 0 heterocycles. The minimum Gasteiger partial charge on any atom is -0.497 e. The highest BCUT2D eigenvalue weighted by Crippen LogP contribution is 2.29. The number of carbonyl (C=O) groups excluding carboxylic acids is 2. The molecule has 9 heteroatoms. The fourth-order valence-corrected chi connectivity index (χ4v) is 3.31. The molecule has 178 valence electrons. The van der Waals surface area contributed by atoms with E-state index in [1.54, 1.807) is 36.4 Å². The number of esters is 1. The molecule has 1 N–H and O–H groups in total. The van der Waals surface area contributed by atoms with Gasteiger partial charge in [-0.15, -0.1) is 0 Å². The van der Waals surface area contributed by atoms with Crippen LogP contribution in [0.15, 0.2) is 66.2 Å². The van der Waals surface area contributed by atoms with Gasteiger partial charge < -0.3 is 19.5 Å². The van der Waals surface area contributed by atoms with E-state index in [-0.39, 0.29) is 12.2 Å². The third-order valence-electron chi connectivity index (χ3n) is 4.83. The number of ether oxygens (including phenoxy) is 3. The van der Waals surface area contributed by atoms with Crippen molar-refractivity contribution in [1.29, 1.82) is 5.26 Å². The zero-order chi connectivity index (χ0) is 25.4. The first-order chi connectivity index (χ1) is 16.8. The zero-order valence-corrected chi connectivity index (χ0v) is 20.3. The summed E-state index contributed by atoms with van der Waals surface area (Å²) in [6.07, 6.45) is 1.42. The number of methoxy groups -OCH3 is 2. The number of halogens is 2. The molecule has 3 aromatic rings. The van der Waals surface area contributed by atoms with Crippen molar-refractivity contribution in [3.8, 4) is 17.6 Å². The maximum Gasteiger partial charge on any atom is 0.337 e. The Hall–Kier alpha value is -3.99. The van der Waals surface area contributed by atoms with Crippen LogP contribution in [0.4, 0.5) is 5.69 Å². The van der Waals surface area contributed by atoms with Gasteiger partial charge in [-0.3, -0.25) is 4.79 Å². The van der Waals surface area contributed by atoms with E-state index in [4.69, 9.17) is 32.7 Å². The maximum atomic E-state index is 12.7. The van der Waals surface area contributed by atoms with E-state index in [9.17, 15) is 14.9 Å². The third kappa shape index (κ3) is 6.76. The van der Waals surface area contributed by atoms with Crippen molar-refractivity contribution in [2.24, 2.45) is 0 Å². The van der Waals surface area contributed by atoms with Gasteiger partial charge in [0, 0.05) is 17.3 Å². The molecule has 0 aliphatic heterocycles. The summed E-state index contributed by atoms with van der Waals surface area (Å²) < 4.78 is 15.9. The van der Waals surface area contributed by atoms with Crippen molar-refractivity contribution in [2.75, 3.05) is 19.5 Å². The highest BCUT2D eigenvalue weighted by Gasteiger charge is 2.13. The van der Waals surface area contributed by atoms with Crippen LogP contribution in [0.1, 0.15) is 21.5 Å². The van der Waals surface area contributed by atoms with Crippen molar-refractivity contribution < 1.29 is 23.8 Å². The lowest BCUT2D eigenvalue weighted by molar-refractivity contribution is -0.112. The Morgan fingerprint density at radius 3 is 2.37 bits per heavy atom. The smallest absolute Gasteiger partial charge is 0.337 e. The monoisotopic (exact) mass is 510 g/mol. The average molecular weight is 511 g/mol. The van der Waals surface area contributed by atoms with Gasteiger partial charge in [-0.1, -0.05) is 29.3 Å². The minimum absolute atomic E-state index is 0.147. The Bertz CT molecular complexity index is 1310. The molecule has 0 aromatic heterocycles. The van der Waals surface area contributed by atoms with E-state index in [1.165, 1.54) is 44.6 Å². The van der Waals surface area contributed by atoms with Gasteiger partial charge in [-0.2, -0.15) is 5.26 Å². The van der Waals surface area contributed by atoms with Crippen LogP contribution in [0.3, 0.4) is 0 Å². The van der Waals surface area contributed by atoms with Gasteiger partial charge in [0.25, 0.3) is 5.91 Å². The van der Waals surface area contributed by atoms with Crippen LogP contribution >= 0.6 is 23.2 Å². The Balaban J connectivity index is 1.82. The molecule has 1 amide bonds. The van der Waals surface area contributed by atoms with E-state index in [1.807, 2.05) is 6.07 Å². The number of nitriles is 1. The summed E-state index contributed by atoms with van der Waals surface area (Å²) in [6.45, 7) is 0.172. The summed E-state index contributed by atoms with van der Waals surface area (Å²) in [5.41, 5.74) is 1.88. The molecule has 0 bridgehead atoms. The molecule has 35 heavy (non-hydrogen) atoms. The van der Waals surface area contributed by atoms with Gasteiger partial charge >= 0.3 is 5.97 Å². The number of hydrogen-bond acceptors (Lipinski definition) is 6. The fourth-order valence-electron chi connectivity index (χ4n) is 2.99. The van der Waals surface area contributed by atoms with Gasteiger partial charge in [0.15, 0.2) is 0 Å². The number of nitrogens with zero attached hydrogens (tertiary/aromatic N) is 1. The van der Waals surface area contributed by atoms with E-state index < -0.39 is 11.9 Å². The minimum atomic E-state index is -0.621. The van der Waals surface area contributed by atoms with Crippen molar-refractivity contribution in [3.05, 3.63) is 93.0 Å². The summed E-state index contributed by atoms with van der Waals surface area (Å²) in [5.74, 6) is -0.170. The number of hydrogen-bond donors (Lipinski definition) is 1. The second-order valence-electron chi connectivity index (χ2n) is 7.13. The van der Waals surface area contributed by atoms with Crippen LogP contribution in [0, 0.1) is 11.3 Å². The molecule has 0 aliphatic rings. The molecule has 0 radical (unpaired) electrons. The normalized spacial score (nSPS) is 10.8. The number of carbonyl (C=O) groups is 2. The van der Waals surface area contributed by atoms with E-state index in [0.717, 1.165) is 5.56 Å². The Kier molecular flexibility index (Phi) is 8.74. The van der Waals surface area contributed by atoms with E-state index in [0.29, 0.717) is 38.4 Å². The van der Waals surface area contributed by atoms with E-state index in [2.05, 4.69) is 10.1 Å². The maximum absolute atomic E-state index is 12.7. The van der Waals surface area contributed by atoms with Crippen LogP contribution in [0.2, 0.25) is 10.0 Å². The molecule has 0 fully saturated rings. The van der Waals surface area contributed by atoms with Crippen LogP contribution in [-0.4, -0.2) is 26.1 Å². The second kappa shape index (κ2) is 11.9. The van der Waals surface area contributed by atoms with Crippen LogP contribution in [0.5, 0.6) is 11.5 Å². The predicted octanol–water partition coefficient (Wildman–Crippen LogP) is 5.91. The number of amides is 1. The first kappa shape index (κ1) is 25.6. The highest BCUT2D eigenvalue weighted by molar-refractivity contribution is 6.42. The summed E-state index contributed by atoms with van der Waals surface area (Å²) >= 11 is 12.0. The van der Waals surface area contributed by atoms with Gasteiger partial charge in [-0.25, -0.2) is 4.79 Å². The lowest BCUT2D eigenvalue weighted by Crippen LogP contribution is -2.13. The summed E-state index contributed by atoms with van der Waals surface area (Å²) in [4.78, 5) is 24.3. The van der Waals surface area contributed by atoms with Crippen LogP contribution in [0.25, 0.3) is 6.08 Å². The number of nitrogens with one attached hydrogen (secondary N) is 1. The number of benzene rings is 3. The second-order valence-corrected chi connectivity index (χ2v) is 7.95. The van der Waals surface area contributed by atoms with Crippen molar-refractivity contribution in [3.63, 3.8) is 0 Å². The molecule has 3 aromatic carbocycles. The highest BCUT2D eigenvalue weighted by atomic mass is 35.5. The lowest BCUT2D eigenvalue weighted by atomic mass is 10.1. The first-order valence-electron chi connectivity index (χ1n) is 10.2. The first-order valence-corrected chi connectivity index (χ1v) is 11.0. The molecule has 0 aliphatic carbocycles. The van der Waals surface area contributed by atoms with Crippen molar-refractivity contribution in [2.45, 2.75) is 6.61 Å². The standard InChI is InChI=1S/C26H20Cl2N2O5/c1-33-21-9-6-18(24(13-21)35-15-16-3-10-22(27)23(28)11-16)12-19(14-29)25(31)30-20-7-4-17(5-8-20)26(32)34-2/h3-13H,15H2,1-2H3,(H,30,31)/b19-12+. The average Bonchev–Trinajstić information content (AvgIpc) is 2.88. The van der Waals surface area contributed by atoms with Crippen LogP contribution in [-0.2, 0) is 16.1 Å². The zero-order valence-electron chi connectivity index (χ0n) is 18.8. The molecule has 0 unspecified atom stereocenters. The fraction of sp³-hybridized carbons (Fsp3) is 0.115. The molecule has 0 spiro atoms. The Morgan fingerprint density at radius 2 is 1.74 bits per heavy atom. The molecule has 0 saturated heterocycles. The Labute approximate surface area is 212 Å². The van der Waals surface area contributed by atoms with Crippen molar-refractivity contribution >= 4 is 46.8 Å². The molecule has 7 nitrogen and oxygen atoms in total. The van der Waals surface area contributed by atoms with E-state index >= 15 is 0 Å². The number of rotatable bonds is 8. The quantitative estimate of drug-likeness (QED) is 0.229. The number of anilines is 1. The largest absolute Gasteiger partial charge is 0.497 e. The van der Waals surface area contributed by atoms with Crippen LogP contribution < -0.4 is 14.8 Å². The SMILES string of the molecule is COC(=O)c1ccc(NC(=O)/C(C#N)=C/c2ccc(OC)cc2OCc2ccc(Cl)c(Cl)c2)cc1. The topological polar surface area (TPSA) is 97.7 Å². The van der Waals surface area contributed by atoms with Gasteiger partial charge in [-0.05, 0) is 60.2 Å². The van der Waals surface area contributed by atoms with Gasteiger partial charge in [0.05, 0.1) is 29.8 Å². The van der Waals surface area contributed by atoms with Gasteiger partial charge in [0.1, 0.15) is 29.7 Å². The molecular formula is C26H20Cl2N2O5. The molecule has 0 atom stereocenters. The lowest BCUT2D eigenvalue weighted by Gasteiger charge is -2.12. The summed E-state index contributed by atoms with van der Waals surface area (Å²) in [6, 6.07) is 18.2. The molecular weight excluding hydrogens is 491 g/mol.